The lowest BCUT2D eigenvalue weighted by Crippen LogP contribution is -2.40. The molecule has 2 aromatic carbocycles. The zero-order valence-corrected chi connectivity index (χ0v) is 18.2. The Morgan fingerprint density at radius 2 is 1.93 bits per heavy atom. The normalized spacial score (nSPS) is 19.5. The number of sulfonamides is 1. The summed E-state index contributed by atoms with van der Waals surface area (Å²) in [7, 11) is -3.68. The molecule has 1 saturated heterocycles. The highest BCUT2D eigenvalue weighted by Crippen LogP contribution is 2.32. The number of nitrogens with zero attached hydrogens (tertiary/aromatic N) is 2. The van der Waals surface area contributed by atoms with Gasteiger partial charge in [-0.1, -0.05) is 29.8 Å². The molecule has 4 rings (SSSR count). The Morgan fingerprint density at radius 1 is 1.20 bits per heavy atom. The number of halogens is 1. The maximum absolute atomic E-state index is 12.9. The highest BCUT2D eigenvalue weighted by Gasteiger charge is 2.29. The molecule has 0 aromatic heterocycles. The fraction of sp³-hybridized carbons (Fsp3) is 0.381. The van der Waals surface area contributed by atoms with Crippen LogP contribution < -0.4 is 10.2 Å². The first-order valence-corrected chi connectivity index (χ1v) is 11.7. The lowest BCUT2D eigenvalue weighted by Gasteiger charge is -2.26. The van der Waals surface area contributed by atoms with Crippen LogP contribution in [0.5, 0.6) is 0 Å². The van der Waals surface area contributed by atoms with Crippen LogP contribution >= 0.6 is 11.6 Å². The summed E-state index contributed by atoms with van der Waals surface area (Å²) in [5.41, 5.74) is 2.56. The Hall–Kier alpha value is -2.13. The van der Waals surface area contributed by atoms with Gasteiger partial charge in [0, 0.05) is 24.8 Å². The average molecular weight is 450 g/mol. The second-order valence-corrected chi connectivity index (χ2v) is 9.86. The number of benzene rings is 2. The smallest absolute Gasteiger partial charge is 0.243 e. The van der Waals surface area contributed by atoms with E-state index in [0.29, 0.717) is 31.3 Å². The van der Waals surface area contributed by atoms with Crippen molar-refractivity contribution in [3.8, 4) is 0 Å². The van der Waals surface area contributed by atoms with E-state index in [1.807, 2.05) is 23.1 Å². The minimum atomic E-state index is -3.68. The Bertz CT molecular complexity index is 1050. The van der Waals surface area contributed by atoms with Crippen molar-refractivity contribution >= 4 is 38.9 Å². The Morgan fingerprint density at radius 3 is 2.70 bits per heavy atom. The van der Waals surface area contributed by atoms with E-state index in [1.54, 1.807) is 0 Å². The van der Waals surface area contributed by atoms with E-state index < -0.39 is 10.0 Å². The Kier molecular flexibility index (Phi) is 6.02. The Labute approximate surface area is 181 Å². The van der Waals surface area contributed by atoms with Gasteiger partial charge in [0.05, 0.1) is 35.4 Å². The van der Waals surface area contributed by atoms with Gasteiger partial charge in [-0.25, -0.2) is 8.42 Å². The molecule has 0 unspecified atom stereocenters. The van der Waals surface area contributed by atoms with Crippen molar-refractivity contribution in [2.45, 2.75) is 24.3 Å². The van der Waals surface area contributed by atoms with E-state index in [9.17, 15) is 13.2 Å². The summed E-state index contributed by atoms with van der Waals surface area (Å²) in [6, 6.07) is 12.6. The molecular weight excluding hydrogens is 426 g/mol. The molecule has 2 aromatic rings. The van der Waals surface area contributed by atoms with E-state index in [1.165, 1.54) is 28.1 Å². The minimum absolute atomic E-state index is 0.101. The SMILES string of the molecule is C[C@H]1Cc2ccccc2N1CC(=O)Nc1cc(S(=O)(=O)N2CCOCC2)ccc1Cl. The molecule has 2 heterocycles. The van der Waals surface area contributed by atoms with Gasteiger partial charge < -0.3 is 15.0 Å². The van der Waals surface area contributed by atoms with Gasteiger partial charge in [-0.15, -0.1) is 0 Å². The quantitative estimate of drug-likeness (QED) is 0.759. The zero-order chi connectivity index (χ0) is 21.3. The Balaban J connectivity index is 1.51. The zero-order valence-electron chi connectivity index (χ0n) is 16.7. The van der Waals surface area contributed by atoms with Gasteiger partial charge in [0.25, 0.3) is 0 Å². The molecule has 1 N–H and O–H groups in total. The average Bonchev–Trinajstić information content (AvgIpc) is 3.05. The minimum Gasteiger partial charge on any atom is -0.379 e. The molecule has 0 radical (unpaired) electrons. The van der Waals surface area contributed by atoms with Crippen molar-refractivity contribution in [3.63, 3.8) is 0 Å². The monoisotopic (exact) mass is 449 g/mol. The van der Waals surface area contributed by atoms with Crippen LogP contribution in [0.15, 0.2) is 47.4 Å². The maximum Gasteiger partial charge on any atom is 0.243 e. The number of hydrogen-bond donors (Lipinski definition) is 1. The summed E-state index contributed by atoms with van der Waals surface area (Å²) in [6.07, 6.45) is 0.886. The molecular formula is C21H24ClN3O4S. The van der Waals surface area contributed by atoms with Crippen LogP contribution in [-0.4, -0.2) is 57.5 Å². The summed E-state index contributed by atoms with van der Waals surface area (Å²) >= 11 is 6.25. The summed E-state index contributed by atoms with van der Waals surface area (Å²) in [4.78, 5) is 14.9. The second kappa shape index (κ2) is 8.55. The topological polar surface area (TPSA) is 79.0 Å². The van der Waals surface area contributed by atoms with Crippen molar-refractivity contribution in [2.24, 2.45) is 0 Å². The van der Waals surface area contributed by atoms with Crippen molar-refractivity contribution in [2.75, 3.05) is 43.1 Å². The molecule has 0 saturated carbocycles. The first-order valence-electron chi connectivity index (χ1n) is 9.88. The largest absolute Gasteiger partial charge is 0.379 e. The molecule has 9 heteroatoms. The fourth-order valence-corrected chi connectivity index (χ4v) is 5.51. The first kappa shape index (κ1) is 21.1. The summed E-state index contributed by atoms with van der Waals surface area (Å²) in [6.45, 7) is 3.58. The van der Waals surface area contributed by atoms with Gasteiger partial charge in [-0.2, -0.15) is 4.31 Å². The predicted octanol–water partition coefficient (Wildman–Crippen LogP) is 2.75. The predicted molar refractivity (Wildman–Crippen MR) is 117 cm³/mol. The number of fused-ring (bicyclic) bond motifs is 1. The molecule has 1 fully saturated rings. The summed E-state index contributed by atoms with van der Waals surface area (Å²) < 4.78 is 32.4. The highest BCUT2D eigenvalue weighted by molar-refractivity contribution is 7.89. The van der Waals surface area contributed by atoms with Crippen molar-refractivity contribution in [1.29, 1.82) is 0 Å². The van der Waals surface area contributed by atoms with Crippen LogP contribution in [-0.2, 0) is 26.0 Å². The van der Waals surface area contributed by atoms with Gasteiger partial charge in [-0.3, -0.25) is 4.79 Å². The van der Waals surface area contributed by atoms with Gasteiger partial charge >= 0.3 is 0 Å². The molecule has 0 spiro atoms. The van der Waals surface area contributed by atoms with Crippen LogP contribution in [0.25, 0.3) is 0 Å². The molecule has 30 heavy (non-hydrogen) atoms. The van der Waals surface area contributed by atoms with Gasteiger partial charge in [-0.05, 0) is 43.2 Å². The molecule has 0 aliphatic carbocycles. The van der Waals surface area contributed by atoms with Crippen molar-refractivity contribution in [3.05, 3.63) is 53.1 Å². The number of morpholine rings is 1. The molecule has 2 aliphatic heterocycles. The third kappa shape index (κ3) is 4.18. The number of amides is 1. The number of ether oxygens (including phenoxy) is 1. The van der Waals surface area contributed by atoms with Crippen LogP contribution in [0.2, 0.25) is 5.02 Å². The summed E-state index contributed by atoms with van der Waals surface area (Å²) in [5, 5.41) is 3.07. The van der Waals surface area contributed by atoms with E-state index in [0.717, 1.165) is 12.1 Å². The number of carbonyl (C=O) groups is 1. The first-order chi connectivity index (χ1) is 14.4. The number of carbonyl (C=O) groups excluding carboxylic acids is 1. The van der Waals surface area contributed by atoms with Crippen LogP contribution in [0, 0.1) is 0 Å². The third-order valence-electron chi connectivity index (χ3n) is 5.48. The lowest BCUT2D eigenvalue weighted by molar-refractivity contribution is -0.115. The molecule has 1 amide bonds. The second-order valence-electron chi connectivity index (χ2n) is 7.52. The molecule has 160 valence electrons. The number of anilines is 2. The van der Waals surface area contributed by atoms with E-state index in [2.05, 4.69) is 18.3 Å². The van der Waals surface area contributed by atoms with Gasteiger partial charge in [0.2, 0.25) is 15.9 Å². The van der Waals surface area contributed by atoms with Gasteiger partial charge in [0.1, 0.15) is 0 Å². The lowest BCUT2D eigenvalue weighted by atomic mass is 10.1. The van der Waals surface area contributed by atoms with E-state index in [4.69, 9.17) is 16.3 Å². The standard InChI is InChI=1S/C21H24ClN3O4S/c1-15-12-16-4-2-3-5-20(16)25(15)14-21(26)23-19-13-17(6-7-18(19)22)30(27,28)24-8-10-29-11-9-24/h2-7,13,15H,8-12,14H2,1H3,(H,23,26)/t15-/m0/s1. The molecule has 0 bridgehead atoms. The van der Waals surface area contributed by atoms with Crippen LogP contribution in [0.4, 0.5) is 11.4 Å². The summed E-state index contributed by atoms with van der Waals surface area (Å²) in [5.74, 6) is -0.249. The number of para-hydroxylation sites is 1. The van der Waals surface area contributed by atoms with Crippen LogP contribution in [0.1, 0.15) is 12.5 Å². The van der Waals surface area contributed by atoms with Crippen molar-refractivity contribution < 1.29 is 17.9 Å². The van der Waals surface area contributed by atoms with E-state index >= 15 is 0 Å². The molecule has 7 nitrogen and oxygen atoms in total. The fourth-order valence-electron chi connectivity index (χ4n) is 3.91. The maximum atomic E-state index is 12.9. The molecule has 1 atom stereocenters. The van der Waals surface area contributed by atoms with Crippen molar-refractivity contribution in [1.82, 2.24) is 4.31 Å². The number of nitrogens with one attached hydrogen (secondary N) is 1. The highest BCUT2D eigenvalue weighted by atomic mass is 35.5. The molecule has 2 aliphatic rings. The number of hydrogen-bond acceptors (Lipinski definition) is 5. The number of rotatable bonds is 5. The van der Waals surface area contributed by atoms with Crippen LogP contribution in [0.3, 0.4) is 0 Å². The third-order valence-corrected chi connectivity index (χ3v) is 7.71. The van der Waals surface area contributed by atoms with Gasteiger partial charge in [0.15, 0.2) is 0 Å². The van der Waals surface area contributed by atoms with E-state index in [-0.39, 0.29) is 29.1 Å².